The van der Waals surface area contributed by atoms with Crippen molar-refractivity contribution in [1.82, 2.24) is 0 Å². The Labute approximate surface area is 59.9 Å². The molecule has 0 heterocycles. The molecule has 0 saturated heterocycles. The van der Waals surface area contributed by atoms with E-state index in [1.54, 1.807) is 0 Å². The van der Waals surface area contributed by atoms with Crippen molar-refractivity contribution in [2.45, 2.75) is 0 Å². The van der Waals surface area contributed by atoms with Crippen LogP contribution in [-0.4, -0.2) is 4.55 Å². The first-order valence-corrected chi connectivity index (χ1v) is 2.80. The maximum absolute atomic E-state index is 6.69. The standard InChI is InChI=1S/C6H7N.H2OS/c7-6-4-2-1-3-5-6;1-2/h1-5H,7H2;1-2H. The summed E-state index contributed by atoms with van der Waals surface area (Å²) in [6.07, 6.45) is 0. The highest BCUT2D eigenvalue weighted by Crippen LogP contribution is 1.95. The first-order chi connectivity index (χ1) is 4.39. The number of para-hydroxylation sites is 1. The van der Waals surface area contributed by atoms with E-state index in [2.05, 4.69) is 12.9 Å². The van der Waals surface area contributed by atoms with E-state index in [-0.39, 0.29) is 0 Å². The third kappa shape index (κ3) is 3.88. The minimum absolute atomic E-state index is 0.822. The summed E-state index contributed by atoms with van der Waals surface area (Å²) in [5, 5.41) is 0. The normalized spacial score (nSPS) is 7.33. The van der Waals surface area contributed by atoms with E-state index in [0.717, 1.165) is 5.69 Å². The molecule has 0 aliphatic rings. The molecule has 3 N–H and O–H groups in total. The van der Waals surface area contributed by atoms with Crippen LogP contribution in [0.5, 0.6) is 0 Å². The first-order valence-electron chi connectivity index (χ1n) is 2.40. The van der Waals surface area contributed by atoms with E-state index < -0.39 is 0 Å². The lowest BCUT2D eigenvalue weighted by Crippen LogP contribution is -1.79. The third-order valence-electron chi connectivity index (χ3n) is 0.800. The van der Waals surface area contributed by atoms with Crippen LogP contribution in [0.4, 0.5) is 5.69 Å². The Morgan fingerprint density at radius 3 is 1.78 bits per heavy atom. The van der Waals surface area contributed by atoms with Crippen molar-refractivity contribution in [1.29, 1.82) is 0 Å². The van der Waals surface area contributed by atoms with Crippen molar-refractivity contribution in [3.8, 4) is 0 Å². The SMILES string of the molecule is Nc1ccccc1.OS. The Morgan fingerprint density at radius 1 is 1.11 bits per heavy atom. The summed E-state index contributed by atoms with van der Waals surface area (Å²) in [7, 11) is 0. The van der Waals surface area contributed by atoms with E-state index in [1.165, 1.54) is 0 Å². The maximum Gasteiger partial charge on any atom is 0.0313 e. The van der Waals surface area contributed by atoms with Gasteiger partial charge in [-0.1, -0.05) is 18.2 Å². The molecule has 0 radical (unpaired) electrons. The fourth-order valence-electron chi connectivity index (χ4n) is 0.453. The lowest BCUT2D eigenvalue weighted by Gasteiger charge is -1.83. The minimum atomic E-state index is 0.822. The summed E-state index contributed by atoms with van der Waals surface area (Å²) < 4.78 is 6.69. The number of nitrogen functional groups attached to an aromatic ring is 1. The van der Waals surface area contributed by atoms with Gasteiger partial charge < -0.3 is 10.3 Å². The molecule has 3 heteroatoms. The average Bonchev–Trinajstić information content (AvgIpc) is 1.94. The van der Waals surface area contributed by atoms with Crippen molar-refractivity contribution >= 4 is 18.6 Å². The minimum Gasteiger partial charge on any atom is -0.399 e. The molecule has 0 saturated carbocycles. The highest BCUT2D eigenvalue weighted by Gasteiger charge is 1.72. The van der Waals surface area contributed by atoms with Gasteiger partial charge in [0.05, 0.1) is 0 Å². The molecule has 0 amide bonds. The second-order valence-corrected chi connectivity index (χ2v) is 1.41. The fourth-order valence-corrected chi connectivity index (χ4v) is 0.453. The molecule has 0 atom stereocenters. The molecule has 2 nitrogen and oxygen atoms in total. The number of hydrogen-bond donors (Lipinski definition) is 3. The summed E-state index contributed by atoms with van der Waals surface area (Å²) >= 11 is 2.53. The first kappa shape index (κ1) is 8.33. The van der Waals surface area contributed by atoms with Gasteiger partial charge in [-0.15, -0.1) is 0 Å². The summed E-state index contributed by atoms with van der Waals surface area (Å²) in [5.74, 6) is 0. The summed E-state index contributed by atoms with van der Waals surface area (Å²) in [5.41, 5.74) is 6.18. The lowest BCUT2D eigenvalue weighted by molar-refractivity contribution is 0.679. The smallest absolute Gasteiger partial charge is 0.0313 e. The van der Waals surface area contributed by atoms with E-state index in [4.69, 9.17) is 10.3 Å². The fraction of sp³-hybridized carbons (Fsp3) is 0. The molecule has 0 spiro atoms. The molecule has 9 heavy (non-hydrogen) atoms. The molecule has 0 aromatic heterocycles. The molecule has 0 bridgehead atoms. The zero-order chi connectivity index (χ0) is 7.11. The molecule has 1 aromatic rings. The zero-order valence-corrected chi connectivity index (χ0v) is 5.75. The maximum atomic E-state index is 6.69. The van der Waals surface area contributed by atoms with Crippen molar-refractivity contribution in [3.05, 3.63) is 30.3 Å². The number of anilines is 1. The van der Waals surface area contributed by atoms with Gasteiger partial charge in [0.1, 0.15) is 0 Å². The van der Waals surface area contributed by atoms with Crippen molar-refractivity contribution in [2.24, 2.45) is 0 Å². The van der Waals surface area contributed by atoms with Gasteiger partial charge in [-0.05, 0) is 25.0 Å². The Morgan fingerprint density at radius 2 is 1.56 bits per heavy atom. The van der Waals surface area contributed by atoms with Gasteiger partial charge in [0.2, 0.25) is 0 Å². The van der Waals surface area contributed by atoms with Crippen LogP contribution >= 0.6 is 12.9 Å². The van der Waals surface area contributed by atoms with Gasteiger partial charge in [-0.25, -0.2) is 0 Å². The zero-order valence-electron chi connectivity index (χ0n) is 4.86. The van der Waals surface area contributed by atoms with Gasteiger partial charge in [-0.2, -0.15) is 0 Å². The summed E-state index contributed by atoms with van der Waals surface area (Å²) in [6, 6.07) is 9.49. The lowest BCUT2D eigenvalue weighted by atomic mass is 10.3. The highest BCUT2D eigenvalue weighted by molar-refractivity contribution is 7.74. The number of hydrogen-bond acceptors (Lipinski definition) is 3. The number of benzene rings is 1. The summed E-state index contributed by atoms with van der Waals surface area (Å²) in [4.78, 5) is 0. The molecular formula is C6H9NOS. The van der Waals surface area contributed by atoms with Crippen LogP contribution < -0.4 is 5.73 Å². The van der Waals surface area contributed by atoms with Crippen LogP contribution in [0.2, 0.25) is 0 Å². The van der Waals surface area contributed by atoms with Gasteiger partial charge >= 0.3 is 0 Å². The summed E-state index contributed by atoms with van der Waals surface area (Å²) in [6.45, 7) is 0. The van der Waals surface area contributed by atoms with Crippen LogP contribution in [-0.2, 0) is 0 Å². The molecular weight excluding hydrogens is 134 g/mol. The number of thiol groups is 1. The molecule has 0 aliphatic carbocycles. The second kappa shape index (κ2) is 5.47. The highest BCUT2D eigenvalue weighted by atomic mass is 32.1. The molecule has 0 aliphatic heterocycles. The van der Waals surface area contributed by atoms with Crippen molar-refractivity contribution in [2.75, 3.05) is 5.73 Å². The van der Waals surface area contributed by atoms with E-state index >= 15 is 0 Å². The Kier molecular flexibility index (Phi) is 5.06. The number of rotatable bonds is 0. The molecule has 1 aromatic carbocycles. The molecule has 1 rings (SSSR count). The quantitative estimate of drug-likeness (QED) is 0.294. The predicted molar refractivity (Wildman–Crippen MR) is 42.5 cm³/mol. The van der Waals surface area contributed by atoms with Crippen LogP contribution in [0.1, 0.15) is 0 Å². The van der Waals surface area contributed by atoms with E-state index in [0.29, 0.717) is 0 Å². The topological polar surface area (TPSA) is 46.2 Å². The number of nitrogens with two attached hydrogens (primary N) is 1. The van der Waals surface area contributed by atoms with Gasteiger partial charge in [0.15, 0.2) is 0 Å². The second-order valence-electron chi connectivity index (χ2n) is 1.41. The van der Waals surface area contributed by atoms with Crippen LogP contribution in [0.15, 0.2) is 30.3 Å². The van der Waals surface area contributed by atoms with Crippen LogP contribution in [0.25, 0.3) is 0 Å². The van der Waals surface area contributed by atoms with Gasteiger partial charge in [-0.3, -0.25) is 0 Å². The molecule has 0 fully saturated rings. The van der Waals surface area contributed by atoms with E-state index in [1.807, 2.05) is 30.3 Å². The monoisotopic (exact) mass is 143 g/mol. The van der Waals surface area contributed by atoms with Gasteiger partial charge in [0, 0.05) is 5.69 Å². The molecule has 0 unspecified atom stereocenters. The van der Waals surface area contributed by atoms with E-state index in [9.17, 15) is 0 Å². The Bertz CT molecular complexity index is 143. The third-order valence-corrected chi connectivity index (χ3v) is 0.800. The average molecular weight is 143 g/mol. The Hall–Kier alpha value is -0.670. The largest absolute Gasteiger partial charge is 0.399 e. The Balaban J connectivity index is 0.000000291. The molecule has 50 valence electrons. The van der Waals surface area contributed by atoms with Crippen molar-refractivity contribution in [3.63, 3.8) is 0 Å². The van der Waals surface area contributed by atoms with Crippen LogP contribution in [0.3, 0.4) is 0 Å². The van der Waals surface area contributed by atoms with Crippen LogP contribution in [0, 0.1) is 0 Å². The predicted octanol–water partition coefficient (Wildman–Crippen LogP) is 1.66. The van der Waals surface area contributed by atoms with Gasteiger partial charge in [0.25, 0.3) is 0 Å². The van der Waals surface area contributed by atoms with Crippen molar-refractivity contribution < 1.29 is 4.55 Å².